The number of aromatic nitrogens is 2. The van der Waals surface area contributed by atoms with E-state index in [1.54, 1.807) is 24.3 Å². The number of rotatable bonds is 8. The Morgan fingerprint density at radius 2 is 1.86 bits per heavy atom. The van der Waals surface area contributed by atoms with Gasteiger partial charge in [-0.3, -0.25) is 4.21 Å². The largest absolute Gasteiger partial charge is 1.00 e. The Hall–Kier alpha value is -2.00. The number of anilines is 1. The maximum absolute atomic E-state index is 13.1. The van der Waals surface area contributed by atoms with E-state index in [2.05, 4.69) is 14.8 Å². The van der Waals surface area contributed by atoms with Crippen LogP contribution in [0.25, 0.3) is 21.5 Å². The van der Waals surface area contributed by atoms with Gasteiger partial charge in [0.15, 0.2) is 5.13 Å². The summed E-state index contributed by atoms with van der Waals surface area (Å²) in [5.74, 6) is 0.545. The van der Waals surface area contributed by atoms with Gasteiger partial charge in [-0.1, -0.05) is 28.6 Å². The minimum atomic E-state index is -4.83. The number of halogens is 3. The monoisotopic (exact) mass is 641 g/mol. The first kappa shape index (κ1) is 31.0. The van der Waals surface area contributed by atoms with E-state index in [0.717, 1.165) is 59.4 Å². The van der Waals surface area contributed by atoms with E-state index in [0.29, 0.717) is 17.0 Å². The van der Waals surface area contributed by atoms with Gasteiger partial charge in [0.1, 0.15) is 17.2 Å². The molecular formula is C29H27F3N3NaO5S2. The minimum absolute atomic E-state index is 0. The van der Waals surface area contributed by atoms with E-state index < -0.39 is 17.4 Å². The van der Waals surface area contributed by atoms with Gasteiger partial charge in [0.05, 0.1) is 22.9 Å². The van der Waals surface area contributed by atoms with Crippen molar-refractivity contribution < 1.29 is 65.5 Å². The Morgan fingerprint density at radius 3 is 2.53 bits per heavy atom. The number of para-hydroxylation sites is 1. The Bertz CT molecular complexity index is 1660. The molecule has 2 aromatic heterocycles. The number of piperidine rings is 1. The number of nitrogens with zero attached hydrogens (tertiary/aromatic N) is 3. The third-order valence-electron chi connectivity index (χ3n) is 8.35. The van der Waals surface area contributed by atoms with Gasteiger partial charge in [-0.15, -0.1) is 13.2 Å². The van der Waals surface area contributed by atoms with Gasteiger partial charge in [0.25, 0.3) is 0 Å². The second-order valence-corrected chi connectivity index (χ2v) is 13.2. The number of fused-ring (bicyclic) bond motifs is 3. The Morgan fingerprint density at radius 1 is 1.14 bits per heavy atom. The Balaban J connectivity index is 0.00000329. The van der Waals surface area contributed by atoms with Crippen LogP contribution in [0.4, 0.5) is 18.3 Å². The molecule has 3 aliphatic rings. The summed E-state index contributed by atoms with van der Waals surface area (Å²) < 4.78 is 79.7. The molecule has 2 saturated heterocycles. The van der Waals surface area contributed by atoms with Crippen molar-refractivity contribution in [3.05, 3.63) is 53.3 Å². The van der Waals surface area contributed by atoms with Crippen molar-refractivity contribution in [2.45, 2.75) is 87.4 Å². The first-order valence-electron chi connectivity index (χ1n) is 13.9. The van der Waals surface area contributed by atoms with E-state index >= 15 is 0 Å². The third-order valence-corrected chi connectivity index (χ3v) is 9.99. The molecule has 1 aliphatic carbocycles. The van der Waals surface area contributed by atoms with Gasteiger partial charge in [0, 0.05) is 34.0 Å². The van der Waals surface area contributed by atoms with Crippen molar-refractivity contribution in [1.29, 1.82) is 0 Å². The summed E-state index contributed by atoms with van der Waals surface area (Å²) in [5, 5.41) is 5.08. The summed E-state index contributed by atoms with van der Waals surface area (Å²) in [4.78, 5) is 7.52. The maximum atomic E-state index is 13.1. The minimum Gasteiger partial charge on any atom is -0.768 e. The average Bonchev–Trinajstić information content (AvgIpc) is 3.45. The number of hydrogen-bond acceptors (Lipinski definition) is 9. The first-order valence-corrected chi connectivity index (χ1v) is 15.8. The molecule has 7 rings (SSSR count). The summed E-state index contributed by atoms with van der Waals surface area (Å²) in [7, 11) is 0. The molecule has 8 nitrogen and oxygen atoms in total. The molecule has 1 saturated carbocycles. The molecule has 0 N–H and O–H groups in total. The summed E-state index contributed by atoms with van der Waals surface area (Å²) in [6.45, 7) is 2.06. The fraction of sp³-hybridized carbons (Fsp3) is 0.448. The van der Waals surface area contributed by atoms with E-state index in [-0.39, 0.29) is 76.5 Å². The fourth-order valence-electron chi connectivity index (χ4n) is 6.35. The van der Waals surface area contributed by atoms with Crippen molar-refractivity contribution in [1.82, 2.24) is 10.1 Å². The first-order chi connectivity index (χ1) is 20.1. The van der Waals surface area contributed by atoms with Crippen LogP contribution in [0, 0.1) is 6.92 Å². The van der Waals surface area contributed by atoms with Crippen LogP contribution in [-0.4, -0.2) is 43.5 Å². The van der Waals surface area contributed by atoms with Crippen molar-refractivity contribution >= 4 is 37.8 Å². The molecule has 2 aliphatic heterocycles. The number of thiazole rings is 1. The second-order valence-electron chi connectivity index (χ2n) is 11.2. The van der Waals surface area contributed by atoms with Crippen molar-refractivity contribution in [2.24, 2.45) is 0 Å². The molecule has 3 fully saturated rings. The van der Waals surface area contributed by atoms with E-state index in [9.17, 15) is 21.9 Å². The molecule has 0 radical (unpaired) electrons. The van der Waals surface area contributed by atoms with Gasteiger partial charge in [-0.25, -0.2) is 4.98 Å². The molecule has 2 bridgehead atoms. The van der Waals surface area contributed by atoms with E-state index in [1.807, 2.05) is 6.92 Å². The van der Waals surface area contributed by atoms with Gasteiger partial charge in [-0.05, 0) is 86.4 Å². The molecule has 0 amide bonds. The van der Waals surface area contributed by atoms with Crippen LogP contribution in [0.2, 0.25) is 0 Å². The molecular weight excluding hydrogens is 614 g/mol. The van der Waals surface area contributed by atoms with Crippen molar-refractivity contribution in [2.75, 3.05) is 4.90 Å². The van der Waals surface area contributed by atoms with Crippen LogP contribution >= 0.6 is 11.3 Å². The number of ether oxygens (including phenoxy) is 2. The average molecular weight is 642 g/mol. The Labute approximate surface area is 274 Å². The number of alkyl halides is 3. The maximum Gasteiger partial charge on any atom is 1.00 e. The summed E-state index contributed by atoms with van der Waals surface area (Å²) in [6.07, 6.45) is 0.593. The number of aryl methyl sites for hydroxylation is 1. The topological polar surface area (TPSA) is 101 Å². The van der Waals surface area contributed by atoms with E-state index in [1.165, 1.54) is 23.5 Å². The Kier molecular flexibility index (Phi) is 8.70. The van der Waals surface area contributed by atoms with Crippen LogP contribution in [-0.2, 0) is 22.4 Å². The third kappa shape index (κ3) is 6.27. The van der Waals surface area contributed by atoms with Crippen LogP contribution in [0.1, 0.15) is 61.3 Å². The molecule has 4 aromatic rings. The summed E-state index contributed by atoms with van der Waals surface area (Å²) in [6, 6.07) is 9.74. The molecule has 222 valence electrons. The van der Waals surface area contributed by atoms with Crippen LogP contribution in [0.3, 0.4) is 0 Å². The van der Waals surface area contributed by atoms with Gasteiger partial charge in [0.2, 0.25) is 0 Å². The zero-order chi connectivity index (χ0) is 29.2. The quantitative estimate of drug-likeness (QED) is 0.210. The molecule has 0 spiro atoms. The molecule has 14 heteroatoms. The van der Waals surface area contributed by atoms with Gasteiger partial charge in [-0.2, -0.15) is 0 Å². The number of benzene rings is 2. The van der Waals surface area contributed by atoms with Crippen molar-refractivity contribution in [3.63, 3.8) is 0 Å². The zero-order valence-corrected chi connectivity index (χ0v) is 27.2. The van der Waals surface area contributed by atoms with Crippen LogP contribution < -0.4 is 39.2 Å². The predicted molar refractivity (Wildman–Crippen MR) is 149 cm³/mol. The predicted octanol–water partition coefficient (Wildman–Crippen LogP) is 3.99. The van der Waals surface area contributed by atoms with Gasteiger partial charge >= 0.3 is 35.9 Å². The van der Waals surface area contributed by atoms with Crippen LogP contribution in [0.15, 0.2) is 45.8 Å². The molecule has 2 aromatic carbocycles. The standard InChI is InChI=1S/C29H28F3N3O5S2.Na/c1-15-10-20(42(36)37)13-24-25(15)33-28(41-24)35-17-8-9-18(35)12-19(11-17)38-14-22-26(34-40-27(22)16-6-7-16)21-4-2-3-5-23(21)39-29(30,31)32;/h2-5,10,13,16-19H,6-9,11-12,14H2,1H3,(H,36,37);/q;+1/p-1. The molecule has 4 heterocycles. The van der Waals surface area contributed by atoms with E-state index in [4.69, 9.17) is 14.2 Å². The summed E-state index contributed by atoms with van der Waals surface area (Å²) >= 11 is -0.788. The van der Waals surface area contributed by atoms with Crippen LogP contribution in [0.5, 0.6) is 5.75 Å². The molecule has 3 atom stereocenters. The summed E-state index contributed by atoms with van der Waals surface area (Å²) in [5.41, 5.74) is 2.87. The second kappa shape index (κ2) is 12.1. The smallest absolute Gasteiger partial charge is 0.768 e. The fourth-order valence-corrected chi connectivity index (χ4v) is 8.14. The SMILES string of the molecule is Cc1cc(S(=O)[O-])cc2sc(N3C4CCC3CC(OCc3c(-c5ccccc5OC(F)(F)F)noc3C3CC3)C4)nc12.[Na+]. The van der Waals surface area contributed by atoms with Crippen molar-refractivity contribution in [3.8, 4) is 17.0 Å². The zero-order valence-electron chi connectivity index (χ0n) is 23.6. The normalized spacial score (nSPS) is 22.5. The number of hydrogen-bond donors (Lipinski definition) is 0. The van der Waals surface area contributed by atoms with Gasteiger partial charge < -0.3 is 23.4 Å². The molecule has 43 heavy (non-hydrogen) atoms. The molecule has 3 unspecified atom stereocenters.